The van der Waals surface area contributed by atoms with Crippen LogP contribution in [-0.2, 0) is 0 Å². The van der Waals surface area contributed by atoms with Crippen molar-refractivity contribution in [1.82, 2.24) is 9.97 Å². The second-order valence-corrected chi connectivity index (χ2v) is 6.26. The van der Waals surface area contributed by atoms with Gasteiger partial charge in [-0.15, -0.1) is 0 Å². The van der Waals surface area contributed by atoms with Gasteiger partial charge < -0.3 is 4.98 Å². The molecule has 3 rings (SSSR count). The van der Waals surface area contributed by atoms with Crippen molar-refractivity contribution >= 4 is 22.5 Å². The highest BCUT2D eigenvalue weighted by Gasteiger charge is 2.13. The number of benzene rings is 2. The number of fused-ring (bicyclic) bond motifs is 1. The molecule has 112 valence electrons. The Hall–Kier alpha value is -2.13. The van der Waals surface area contributed by atoms with E-state index in [-0.39, 0.29) is 5.56 Å². The molecule has 0 fully saturated rings. The SMILES string of the molecule is Cc1ccc(C(C)C)c(-c2nc3ccc(Cl)cc3c(=O)[nH]2)c1. The van der Waals surface area contributed by atoms with E-state index in [9.17, 15) is 4.79 Å². The van der Waals surface area contributed by atoms with Crippen molar-refractivity contribution < 1.29 is 0 Å². The quantitative estimate of drug-likeness (QED) is 0.747. The number of aryl methyl sites for hydroxylation is 1. The van der Waals surface area contributed by atoms with Gasteiger partial charge in [-0.2, -0.15) is 0 Å². The van der Waals surface area contributed by atoms with Gasteiger partial charge in [0.15, 0.2) is 0 Å². The van der Waals surface area contributed by atoms with Gasteiger partial charge in [0.25, 0.3) is 5.56 Å². The van der Waals surface area contributed by atoms with Gasteiger partial charge in [-0.25, -0.2) is 4.98 Å². The van der Waals surface area contributed by atoms with Crippen molar-refractivity contribution in [1.29, 1.82) is 0 Å². The zero-order chi connectivity index (χ0) is 15.9. The van der Waals surface area contributed by atoms with E-state index in [1.165, 1.54) is 5.56 Å². The van der Waals surface area contributed by atoms with E-state index >= 15 is 0 Å². The van der Waals surface area contributed by atoms with Gasteiger partial charge >= 0.3 is 0 Å². The van der Waals surface area contributed by atoms with Crippen LogP contribution >= 0.6 is 11.6 Å². The summed E-state index contributed by atoms with van der Waals surface area (Å²) in [5.41, 5.74) is 3.77. The molecule has 0 bridgehead atoms. The summed E-state index contributed by atoms with van der Waals surface area (Å²) < 4.78 is 0. The molecular weight excluding hydrogens is 296 g/mol. The highest BCUT2D eigenvalue weighted by Crippen LogP contribution is 2.28. The van der Waals surface area contributed by atoms with Crippen LogP contribution in [0.15, 0.2) is 41.2 Å². The molecule has 0 aliphatic rings. The zero-order valence-corrected chi connectivity index (χ0v) is 13.5. The number of nitrogens with one attached hydrogen (secondary N) is 1. The van der Waals surface area contributed by atoms with Gasteiger partial charge in [0, 0.05) is 10.6 Å². The molecule has 22 heavy (non-hydrogen) atoms. The molecule has 0 aliphatic heterocycles. The third-order valence-electron chi connectivity index (χ3n) is 3.75. The predicted molar refractivity (Wildman–Crippen MR) is 91.6 cm³/mol. The van der Waals surface area contributed by atoms with E-state index in [2.05, 4.69) is 42.0 Å². The zero-order valence-electron chi connectivity index (χ0n) is 12.8. The molecule has 1 heterocycles. The van der Waals surface area contributed by atoms with Crippen molar-refractivity contribution in [2.75, 3.05) is 0 Å². The number of nitrogens with zero attached hydrogens (tertiary/aromatic N) is 1. The number of aromatic nitrogens is 2. The molecule has 1 N–H and O–H groups in total. The Labute approximate surface area is 134 Å². The summed E-state index contributed by atoms with van der Waals surface area (Å²) in [6, 6.07) is 11.4. The molecule has 0 radical (unpaired) electrons. The van der Waals surface area contributed by atoms with Crippen LogP contribution in [0.25, 0.3) is 22.3 Å². The van der Waals surface area contributed by atoms with Gasteiger partial charge in [-0.05, 0) is 42.7 Å². The molecule has 4 heteroatoms. The summed E-state index contributed by atoms with van der Waals surface area (Å²) in [6.07, 6.45) is 0. The summed E-state index contributed by atoms with van der Waals surface area (Å²) in [5, 5.41) is 1.04. The van der Waals surface area contributed by atoms with Crippen molar-refractivity contribution in [2.24, 2.45) is 0 Å². The fourth-order valence-corrected chi connectivity index (χ4v) is 2.79. The average Bonchev–Trinajstić information content (AvgIpc) is 2.47. The molecule has 2 aromatic carbocycles. The normalized spacial score (nSPS) is 11.3. The fourth-order valence-electron chi connectivity index (χ4n) is 2.62. The number of aromatic amines is 1. The Bertz CT molecular complexity index is 913. The van der Waals surface area contributed by atoms with Crippen LogP contribution in [0.1, 0.15) is 30.9 Å². The maximum absolute atomic E-state index is 12.3. The lowest BCUT2D eigenvalue weighted by Gasteiger charge is -2.13. The topological polar surface area (TPSA) is 45.8 Å². The maximum atomic E-state index is 12.3. The third-order valence-corrected chi connectivity index (χ3v) is 3.99. The fraction of sp³-hybridized carbons (Fsp3) is 0.222. The molecule has 3 nitrogen and oxygen atoms in total. The van der Waals surface area contributed by atoms with Crippen molar-refractivity contribution in [3.8, 4) is 11.4 Å². The van der Waals surface area contributed by atoms with Gasteiger partial charge in [-0.3, -0.25) is 4.79 Å². The Kier molecular flexibility index (Phi) is 3.75. The van der Waals surface area contributed by atoms with E-state index < -0.39 is 0 Å². The lowest BCUT2D eigenvalue weighted by molar-refractivity contribution is 0.865. The molecule has 0 atom stereocenters. The number of H-pyrrole nitrogens is 1. The number of hydrogen-bond acceptors (Lipinski definition) is 2. The lowest BCUT2D eigenvalue weighted by atomic mass is 9.95. The Morgan fingerprint density at radius 1 is 1.14 bits per heavy atom. The summed E-state index contributed by atoms with van der Waals surface area (Å²) in [6.45, 7) is 6.30. The predicted octanol–water partition coefficient (Wildman–Crippen LogP) is 4.68. The molecule has 0 spiro atoms. The molecule has 0 saturated heterocycles. The second kappa shape index (κ2) is 5.58. The summed E-state index contributed by atoms with van der Waals surface area (Å²) in [4.78, 5) is 19.8. The van der Waals surface area contributed by atoms with Gasteiger partial charge in [0.1, 0.15) is 5.82 Å². The minimum absolute atomic E-state index is 0.168. The van der Waals surface area contributed by atoms with Gasteiger partial charge in [-0.1, -0.05) is 43.1 Å². The Morgan fingerprint density at radius 3 is 2.64 bits per heavy atom. The Balaban J connectivity index is 2.29. The van der Waals surface area contributed by atoms with Crippen molar-refractivity contribution in [2.45, 2.75) is 26.7 Å². The molecule has 0 saturated carbocycles. The summed E-state index contributed by atoms with van der Waals surface area (Å²) in [7, 11) is 0. The van der Waals surface area contributed by atoms with Crippen LogP contribution in [0.3, 0.4) is 0 Å². The van der Waals surface area contributed by atoms with E-state index in [0.29, 0.717) is 27.7 Å². The average molecular weight is 313 g/mol. The van der Waals surface area contributed by atoms with Crippen LogP contribution in [0.5, 0.6) is 0 Å². The van der Waals surface area contributed by atoms with Crippen molar-refractivity contribution in [3.63, 3.8) is 0 Å². The van der Waals surface area contributed by atoms with Crippen LogP contribution in [0.4, 0.5) is 0 Å². The monoisotopic (exact) mass is 312 g/mol. The number of hydrogen-bond donors (Lipinski definition) is 1. The van der Waals surface area contributed by atoms with Crippen LogP contribution < -0.4 is 5.56 Å². The van der Waals surface area contributed by atoms with E-state index in [1.54, 1.807) is 18.2 Å². The molecule has 0 unspecified atom stereocenters. The summed E-state index contributed by atoms with van der Waals surface area (Å²) in [5.74, 6) is 0.953. The highest BCUT2D eigenvalue weighted by molar-refractivity contribution is 6.31. The molecule has 0 amide bonds. The standard InChI is InChI=1S/C18H17ClN2O/c1-10(2)13-6-4-11(3)8-14(13)17-20-16-7-5-12(19)9-15(16)18(22)21-17/h4-10H,1-3H3,(H,20,21,22). The first-order valence-electron chi connectivity index (χ1n) is 7.26. The summed E-state index contributed by atoms with van der Waals surface area (Å²) >= 11 is 5.95. The first kappa shape index (κ1) is 14.8. The lowest BCUT2D eigenvalue weighted by Crippen LogP contribution is -2.10. The van der Waals surface area contributed by atoms with Crippen molar-refractivity contribution in [3.05, 3.63) is 62.9 Å². The molecule has 3 aromatic rings. The minimum Gasteiger partial charge on any atom is -0.306 e. The van der Waals surface area contributed by atoms with Crippen LogP contribution in [0.2, 0.25) is 5.02 Å². The molecule has 0 aliphatic carbocycles. The second-order valence-electron chi connectivity index (χ2n) is 5.82. The van der Waals surface area contributed by atoms with Crippen LogP contribution in [0, 0.1) is 6.92 Å². The van der Waals surface area contributed by atoms with E-state index in [4.69, 9.17) is 11.6 Å². The third kappa shape index (κ3) is 2.64. The molecular formula is C18H17ClN2O. The maximum Gasteiger partial charge on any atom is 0.259 e. The van der Waals surface area contributed by atoms with Gasteiger partial charge in [0.2, 0.25) is 0 Å². The smallest absolute Gasteiger partial charge is 0.259 e. The van der Waals surface area contributed by atoms with E-state index in [0.717, 1.165) is 11.1 Å². The highest BCUT2D eigenvalue weighted by atomic mass is 35.5. The molecule has 1 aromatic heterocycles. The minimum atomic E-state index is -0.168. The van der Waals surface area contributed by atoms with Crippen LogP contribution in [-0.4, -0.2) is 9.97 Å². The first-order valence-corrected chi connectivity index (χ1v) is 7.64. The van der Waals surface area contributed by atoms with E-state index in [1.807, 2.05) is 6.92 Å². The largest absolute Gasteiger partial charge is 0.306 e. The first-order chi connectivity index (χ1) is 10.5. The number of rotatable bonds is 2. The number of halogens is 1. The Morgan fingerprint density at radius 2 is 1.91 bits per heavy atom. The van der Waals surface area contributed by atoms with Gasteiger partial charge in [0.05, 0.1) is 10.9 Å².